The number of rotatable bonds is 4. The van der Waals surface area contributed by atoms with Crippen LogP contribution >= 0.6 is 0 Å². The summed E-state index contributed by atoms with van der Waals surface area (Å²) in [6.45, 7) is 3.46. The maximum Gasteiger partial charge on any atom is 0.251 e. The molecule has 0 bridgehead atoms. The SMILES string of the molecule is C=C1NC(=O)C=C(c2cc(F)ccc2OC)N1CC(N)=O. The summed E-state index contributed by atoms with van der Waals surface area (Å²) in [6, 6.07) is 3.88. The van der Waals surface area contributed by atoms with Crippen LogP contribution in [0.3, 0.4) is 0 Å². The number of carbonyl (C=O) groups is 2. The lowest BCUT2D eigenvalue weighted by atomic mass is 10.1. The van der Waals surface area contributed by atoms with Crippen LogP contribution in [0.15, 0.2) is 36.7 Å². The highest BCUT2D eigenvalue weighted by atomic mass is 19.1. The van der Waals surface area contributed by atoms with Gasteiger partial charge in [-0.15, -0.1) is 0 Å². The van der Waals surface area contributed by atoms with E-state index < -0.39 is 17.6 Å². The molecule has 1 aliphatic heterocycles. The molecule has 21 heavy (non-hydrogen) atoms. The van der Waals surface area contributed by atoms with E-state index in [9.17, 15) is 14.0 Å². The van der Waals surface area contributed by atoms with Gasteiger partial charge in [-0.05, 0) is 18.2 Å². The molecule has 0 aromatic heterocycles. The van der Waals surface area contributed by atoms with Crippen molar-refractivity contribution in [1.29, 1.82) is 0 Å². The number of halogens is 1. The van der Waals surface area contributed by atoms with E-state index in [4.69, 9.17) is 10.5 Å². The number of carbonyl (C=O) groups excluding carboxylic acids is 2. The number of hydrogen-bond acceptors (Lipinski definition) is 4. The fourth-order valence-electron chi connectivity index (χ4n) is 2.03. The Balaban J connectivity index is 2.56. The highest BCUT2D eigenvalue weighted by molar-refractivity contribution is 5.99. The number of nitrogens with two attached hydrogens (primary N) is 1. The van der Waals surface area contributed by atoms with E-state index in [0.717, 1.165) is 0 Å². The fourth-order valence-corrected chi connectivity index (χ4v) is 2.03. The first-order valence-corrected chi connectivity index (χ1v) is 6.03. The Hall–Kier alpha value is -2.83. The molecule has 110 valence electrons. The number of primary amides is 1. The van der Waals surface area contributed by atoms with Gasteiger partial charge < -0.3 is 20.7 Å². The van der Waals surface area contributed by atoms with Crippen molar-refractivity contribution < 1.29 is 18.7 Å². The maximum atomic E-state index is 13.5. The first kappa shape index (κ1) is 14.6. The minimum absolute atomic E-state index is 0.183. The number of amides is 2. The molecule has 6 nitrogen and oxygen atoms in total. The van der Waals surface area contributed by atoms with Crippen molar-refractivity contribution in [3.63, 3.8) is 0 Å². The molecule has 0 fully saturated rings. The van der Waals surface area contributed by atoms with Gasteiger partial charge in [-0.3, -0.25) is 9.59 Å². The van der Waals surface area contributed by atoms with Crippen molar-refractivity contribution >= 4 is 17.5 Å². The van der Waals surface area contributed by atoms with Gasteiger partial charge in [-0.1, -0.05) is 6.58 Å². The molecular weight excluding hydrogens is 277 g/mol. The maximum absolute atomic E-state index is 13.5. The lowest BCUT2D eigenvalue weighted by Crippen LogP contribution is -2.42. The molecule has 2 amide bonds. The van der Waals surface area contributed by atoms with Crippen molar-refractivity contribution in [2.45, 2.75) is 0 Å². The molecule has 1 aromatic carbocycles. The summed E-state index contributed by atoms with van der Waals surface area (Å²) in [5.41, 5.74) is 5.81. The minimum Gasteiger partial charge on any atom is -0.496 e. The van der Waals surface area contributed by atoms with Crippen LogP contribution < -0.4 is 15.8 Å². The summed E-state index contributed by atoms with van der Waals surface area (Å²) in [5, 5.41) is 2.46. The monoisotopic (exact) mass is 291 g/mol. The second-order valence-corrected chi connectivity index (χ2v) is 4.36. The Morgan fingerprint density at radius 3 is 2.86 bits per heavy atom. The van der Waals surface area contributed by atoms with Crippen molar-refractivity contribution in [2.75, 3.05) is 13.7 Å². The highest BCUT2D eigenvalue weighted by Crippen LogP contribution is 2.32. The predicted molar refractivity (Wildman–Crippen MR) is 74.1 cm³/mol. The number of methoxy groups -OCH3 is 1. The first-order chi connectivity index (χ1) is 9.92. The molecule has 0 radical (unpaired) electrons. The molecule has 0 spiro atoms. The van der Waals surface area contributed by atoms with E-state index in [-0.39, 0.29) is 12.4 Å². The van der Waals surface area contributed by atoms with E-state index >= 15 is 0 Å². The Labute approximate surface area is 120 Å². The van der Waals surface area contributed by atoms with Crippen LogP contribution in [0.4, 0.5) is 4.39 Å². The van der Waals surface area contributed by atoms with Crippen LogP contribution in [-0.4, -0.2) is 30.4 Å². The second kappa shape index (κ2) is 5.66. The Morgan fingerprint density at radius 1 is 1.52 bits per heavy atom. The van der Waals surface area contributed by atoms with E-state index in [1.54, 1.807) is 0 Å². The van der Waals surface area contributed by atoms with Gasteiger partial charge in [0.15, 0.2) is 0 Å². The molecule has 2 rings (SSSR count). The summed E-state index contributed by atoms with van der Waals surface area (Å²) in [6.07, 6.45) is 1.23. The largest absolute Gasteiger partial charge is 0.496 e. The Kier molecular flexibility index (Phi) is 3.93. The number of hydrogen-bond donors (Lipinski definition) is 2. The van der Waals surface area contributed by atoms with E-state index in [0.29, 0.717) is 17.0 Å². The summed E-state index contributed by atoms with van der Waals surface area (Å²) in [7, 11) is 1.42. The third kappa shape index (κ3) is 3.02. The molecule has 1 aromatic rings. The van der Waals surface area contributed by atoms with Crippen LogP contribution in [0.1, 0.15) is 5.56 Å². The third-order valence-electron chi connectivity index (χ3n) is 2.90. The molecule has 0 saturated carbocycles. The molecule has 0 saturated heterocycles. The quantitative estimate of drug-likeness (QED) is 0.849. The van der Waals surface area contributed by atoms with E-state index in [2.05, 4.69) is 11.9 Å². The van der Waals surface area contributed by atoms with Crippen molar-refractivity contribution in [3.8, 4) is 5.75 Å². The van der Waals surface area contributed by atoms with Gasteiger partial charge in [0.1, 0.15) is 23.9 Å². The van der Waals surface area contributed by atoms with E-state index in [1.165, 1.54) is 36.3 Å². The van der Waals surface area contributed by atoms with Crippen LogP contribution in [-0.2, 0) is 9.59 Å². The minimum atomic E-state index is -0.617. The average molecular weight is 291 g/mol. The lowest BCUT2D eigenvalue weighted by molar-refractivity contribution is -0.120. The van der Waals surface area contributed by atoms with Crippen molar-refractivity contribution in [3.05, 3.63) is 48.1 Å². The van der Waals surface area contributed by atoms with Crippen molar-refractivity contribution in [2.24, 2.45) is 5.73 Å². The standard InChI is InChI=1S/C14H14FN3O3/c1-8-17-14(20)6-11(18(8)7-13(16)19)10-5-9(15)3-4-12(10)21-2/h3-6H,1,7H2,2H3,(H2,16,19)(H,17,20). The topological polar surface area (TPSA) is 84.7 Å². The van der Waals surface area contributed by atoms with Crippen LogP contribution in [0, 0.1) is 5.82 Å². The zero-order chi connectivity index (χ0) is 15.6. The summed E-state index contributed by atoms with van der Waals surface area (Å²) >= 11 is 0. The number of nitrogens with one attached hydrogen (secondary N) is 1. The molecule has 7 heteroatoms. The average Bonchev–Trinajstić information content (AvgIpc) is 2.41. The summed E-state index contributed by atoms with van der Waals surface area (Å²) in [4.78, 5) is 24.2. The summed E-state index contributed by atoms with van der Waals surface area (Å²) in [5.74, 6) is -1.000. The smallest absolute Gasteiger partial charge is 0.251 e. The lowest BCUT2D eigenvalue weighted by Gasteiger charge is -2.31. The van der Waals surface area contributed by atoms with Gasteiger partial charge in [-0.2, -0.15) is 0 Å². The van der Waals surface area contributed by atoms with Gasteiger partial charge in [0.05, 0.1) is 12.8 Å². The normalized spacial score (nSPS) is 14.6. The summed E-state index contributed by atoms with van der Waals surface area (Å²) < 4.78 is 18.7. The van der Waals surface area contributed by atoms with Crippen LogP contribution in [0.2, 0.25) is 0 Å². The van der Waals surface area contributed by atoms with Gasteiger partial charge in [0, 0.05) is 11.6 Å². The van der Waals surface area contributed by atoms with Gasteiger partial charge in [0.2, 0.25) is 5.91 Å². The predicted octanol–water partition coefficient (Wildman–Crippen LogP) is 0.564. The molecule has 0 aliphatic carbocycles. The van der Waals surface area contributed by atoms with Crippen LogP contribution in [0.5, 0.6) is 5.75 Å². The van der Waals surface area contributed by atoms with Gasteiger partial charge >= 0.3 is 0 Å². The Morgan fingerprint density at radius 2 is 2.24 bits per heavy atom. The number of ether oxygens (including phenoxy) is 1. The zero-order valence-corrected chi connectivity index (χ0v) is 11.4. The highest BCUT2D eigenvalue weighted by Gasteiger charge is 2.26. The fraction of sp³-hybridized carbons (Fsp3) is 0.143. The second-order valence-electron chi connectivity index (χ2n) is 4.36. The molecule has 0 unspecified atom stereocenters. The van der Waals surface area contributed by atoms with E-state index in [1.807, 2.05) is 0 Å². The molecule has 1 aliphatic rings. The molecule has 3 N–H and O–H groups in total. The molecular formula is C14H14FN3O3. The van der Waals surface area contributed by atoms with Gasteiger partial charge in [-0.25, -0.2) is 4.39 Å². The Bertz CT molecular complexity index is 655. The third-order valence-corrected chi connectivity index (χ3v) is 2.90. The number of benzene rings is 1. The first-order valence-electron chi connectivity index (χ1n) is 6.03. The molecule has 1 heterocycles. The number of nitrogens with zero attached hydrogens (tertiary/aromatic N) is 1. The molecule has 0 atom stereocenters. The zero-order valence-electron chi connectivity index (χ0n) is 11.4. The van der Waals surface area contributed by atoms with Crippen LogP contribution in [0.25, 0.3) is 5.70 Å². The van der Waals surface area contributed by atoms with Gasteiger partial charge in [0.25, 0.3) is 5.91 Å². The van der Waals surface area contributed by atoms with Crippen molar-refractivity contribution in [1.82, 2.24) is 10.2 Å².